The highest BCUT2D eigenvalue weighted by Gasteiger charge is 2.55. The number of rotatable bonds is 4. The second-order valence-electron chi connectivity index (χ2n) is 6.89. The Morgan fingerprint density at radius 2 is 1.61 bits per heavy atom. The maximum Gasteiger partial charge on any atom is 0.262 e. The van der Waals surface area contributed by atoms with Crippen molar-refractivity contribution in [3.63, 3.8) is 0 Å². The zero-order valence-electron chi connectivity index (χ0n) is 15.1. The molecule has 0 saturated carbocycles. The number of carbonyl (C=O) groups excluding carboxylic acids is 2. The van der Waals surface area contributed by atoms with Crippen molar-refractivity contribution < 1.29 is 14.7 Å². The van der Waals surface area contributed by atoms with E-state index in [-0.39, 0.29) is 5.78 Å². The normalized spacial score (nSPS) is 19.0. The van der Waals surface area contributed by atoms with E-state index in [2.05, 4.69) is 5.32 Å². The Hall–Kier alpha value is -2.95. The van der Waals surface area contributed by atoms with Gasteiger partial charge in [0.15, 0.2) is 11.4 Å². The monoisotopic (exact) mass is 391 g/mol. The topological polar surface area (TPSA) is 66.4 Å². The van der Waals surface area contributed by atoms with Crippen LogP contribution in [0.3, 0.4) is 0 Å². The molecule has 1 heterocycles. The molecule has 3 aromatic carbocycles. The average molecular weight is 392 g/mol. The summed E-state index contributed by atoms with van der Waals surface area (Å²) >= 11 is 6.19. The van der Waals surface area contributed by atoms with Crippen molar-refractivity contribution in [1.82, 2.24) is 0 Å². The first-order valence-electron chi connectivity index (χ1n) is 8.92. The fraction of sp³-hybridized carbons (Fsp3) is 0.130. The van der Waals surface area contributed by atoms with Gasteiger partial charge in [0.05, 0.1) is 11.6 Å². The van der Waals surface area contributed by atoms with Gasteiger partial charge in [-0.2, -0.15) is 0 Å². The maximum atomic E-state index is 13.5. The molecule has 28 heavy (non-hydrogen) atoms. The van der Waals surface area contributed by atoms with Crippen molar-refractivity contribution in [2.24, 2.45) is 0 Å². The highest BCUT2D eigenvalue weighted by atomic mass is 35.5. The van der Waals surface area contributed by atoms with Gasteiger partial charge in [0.1, 0.15) is 0 Å². The lowest BCUT2D eigenvalue weighted by atomic mass is 9.74. The van der Waals surface area contributed by atoms with Crippen molar-refractivity contribution >= 4 is 29.0 Å². The number of anilines is 1. The van der Waals surface area contributed by atoms with Crippen LogP contribution in [0.15, 0.2) is 72.8 Å². The highest BCUT2D eigenvalue weighted by Crippen LogP contribution is 2.48. The van der Waals surface area contributed by atoms with Gasteiger partial charge in [0.25, 0.3) is 5.91 Å². The number of nitrogens with one attached hydrogen (secondary N) is 1. The fourth-order valence-electron chi connectivity index (χ4n) is 3.78. The van der Waals surface area contributed by atoms with Crippen LogP contribution in [0, 0.1) is 6.92 Å². The predicted molar refractivity (Wildman–Crippen MR) is 109 cm³/mol. The molecule has 5 heteroatoms. The number of carbonyl (C=O) groups is 2. The summed E-state index contributed by atoms with van der Waals surface area (Å²) in [6.07, 6.45) is 0. The summed E-state index contributed by atoms with van der Waals surface area (Å²) in [6.45, 7) is 1.77. The predicted octanol–water partition coefficient (Wildman–Crippen LogP) is 4.45. The van der Waals surface area contributed by atoms with E-state index >= 15 is 0 Å². The van der Waals surface area contributed by atoms with Crippen LogP contribution in [0.1, 0.15) is 33.0 Å². The molecule has 2 N–H and O–H groups in total. The molecule has 0 radical (unpaired) electrons. The first-order valence-corrected chi connectivity index (χ1v) is 9.30. The molecule has 3 aromatic rings. The molecule has 1 aliphatic heterocycles. The summed E-state index contributed by atoms with van der Waals surface area (Å²) in [5.74, 6) is -2.06. The molecular formula is C23H18ClNO3. The van der Waals surface area contributed by atoms with E-state index in [1.165, 1.54) is 0 Å². The minimum atomic E-state index is -2.04. The molecular weight excluding hydrogens is 374 g/mol. The molecule has 0 unspecified atom stereocenters. The summed E-state index contributed by atoms with van der Waals surface area (Å²) in [5, 5.41) is 14.9. The second-order valence-corrected chi connectivity index (χ2v) is 7.30. The van der Waals surface area contributed by atoms with Gasteiger partial charge in [-0.25, -0.2) is 0 Å². The maximum absolute atomic E-state index is 13.5. The lowest BCUT2D eigenvalue weighted by molar-refractivity contribution is -0.135. The Kier molecular flexibility index (Phi) is 4.53. The largest absolute Gasteiger partial charge is 0.374 e. The molecule has 1 amide bonds. The molecule has 0 spiro atoms. The quantitative estimate of drug-likeness (QED) is 0.645. The third-order valence-corrected chi connectivity index (χ3v) is 5.67. The Morgan fingerprint density at radius 1 is 1.00 bits per heavy atom. The van der Waals surface area contributed by atoms with Gasteiger partial charge in [0.2, 0.25) is 0 Å². The average Bonchev–Trinajstić information content (AvgIpc) is 2.98. The van der Waals surface area contributed by atoms with E-state index in [1.807, 2.05) is 12.1 Å². The van der Waals surface area contributed by atoms with Crippen molar-refractivity contribution in [3.05, 3.63) is 100 Å². The molecule has 4 nitrogen and oxygen atoms in total. The van der Waals surface area contributed by atoms with E-state index in [9.17, 15) is 14.7 Å². The van der Waals surface area contributed by atoms with Crippen molar-refractivity contribution in [3.8, 4) is 0 Å². The molecule has 4 rings (SSSR count). The Morgan fingerprint density at radius 3 is 2.25 bits per heavy atom. The van der Waals surface area contributed by atoms with Crippen LogP contribution < -0.4 is 5.32 Å². The van der Waals surface area contributed by atoms with E-state index in [1.54, 1.807) is 67.6 Å². The van der Waals surface area contributed by atoms with Crippen LogP contribution in [0.5, 0.6) is 0 Å². The van der Waals surface area contributed by atoms with Crippen molar-refractivity contribution in [1.29, 1.82) is 0 Å². The SMILES string of the molecule is Cc1c(Cl)ccc2c1NC(=O)[C@@]2(O)[C@H](C(=O)c1ccccc1)c1ccccc1. The number of hydrogen-bond acceptors (Lipinski definition) is 3. The third kappa shape index (κ3) is 2.73. The molecule has 0 aromatic heterocycles. The summed E-state index contributed by atoms with van der Waals surface area (Å²) in [5.41, 5.74) is 0.423. The summed E-state index contributed by atoms with van der Waals surface area (Å²) in [7, 11) is 0. The Labute approximate surface area is 167 Å². The van der Waals surface area contributed by atoms with Crippen molar-refractivity contribution in [2.75, 3.05) is 5.32 Å². The minimum absolute atomic E-state index is 0.329. The van der Waals surface area contributed by atoms with Crippen LogP contribution in [0.4, 0.5) is 5.69 Å². The molecule has 0 fully saturated rings. The van der Waals surface area contributed by atoms with E-state index in [0.717, 1.165) is 0 Å². The number of benzene rings is 3. The first-order chi connectivity index (χ1) is 13.4. The third-order valence-electron chi connectivity index (χ3n) is 5.27. The van der Waals surface area contributed by atoms with Crippen LogP contribution in [0.2, 0.25) is 5.02 Å². The molecule has 0 saturated heterocycles. The van der Waals surface area contributed by atoms with Crippen molar-refractivity contribution in [2.45, 2.75) is 18.4 Å². The number of halogens is 1. The van der Waals surface area contributed by atoms with Gasteiger partial charge >= 0.3 is 0 Å². The van der Waals surface area contributed by atoms with Gasteiger partial charge in [-0.3, -0.25) is 9.59 Å². The zero-order valence-corrected chi connectivity index (χ0v) is 15.9. The number of aliphatic hydroxyl groups is 1. The van der Waals surface area contributed by atoms with Crippen LogP contribution in [-0.4, -0.2) is 16.8 Å². The highest BCUT2D eigenvalue weighted by molar-refractivity contribution is 6.32. The summed E-state index contributed by atoms with van der Waals surface area (Å²) < 4.78 is 0. The minimum Gasteiger partial charge on any atom is -0.374 e. The standard InChI is InChI=1S/C23H18ClNO3/c1-14-18(24)13-12-17-20(14)25-22(27)23(17,28)19(15-8-4-2-5-9-15)21(26)16-10-6-3-7-11-16/h2-13,19,28H,1H3,(H,25,27)/t19-,23-/m0/s1. The number of Topliss-reactive ketones (excluding diaryl/α,β-unsaturated/α-hetero) is 1. The van der Waals surface area contributed by atoms with Gasteiger partial charge in [-0.05, 0) is 24.1 Å². The van der Waals surface area contributed by atoms with Gasteiger partial charge in [-0.15, -0.1) is 0 Å². The molecule has 2 atom stereocenters. The first kappa shape index (κ1) is 18.4. The lowest BCUT2D eigenvalue weighted by Gasteiger charge is -2.30. The Balaban J connectivity index is 1.95. The van der Waals surface area contributed by atoms with Gasteiger partial charge in [0, 0.05) is 16.1 Å². The molecule has 0 aliphatic carbocycles. The lowest BCUT2D eigenvalue weighted by Crippen LogP contribution is -2.44. The van der Waals surface area contributed by atoms with Crippen LogP contribution in [0.25, 0.3) is 0 Å². The van der Waals surface area contributed by atoms with E-state index < -0.39 is 17.4 Å². The Bertz CT molecular complexity index is 1070. The second kappa shape index (κ2) is 6.89. The fourth-order valence-corrected chi connectivity index (χ4v) is 3.94. The zero-order chi connectivity index (χ0) is 19.9. The van der Waals surface area contributed by atoms with E-state index in [4.69, 9.17) is 11.6 Å². The van der Waals surface area contributed by atoms with Gasteiger partial charge < -0.3 is 10.4 Å². The smallest absolute Gasteiger partial charge is 0.262 e. The molecule has 1 aliphatic rings. The molecule has 0 bridgehead atoms. The van der Waals surface area contributed by atoms with Crippen LogP contribution in [-0.2, 0) is 10.4 Å². The summed E-state index contributed by atoms with van der Waals surface area (Å²) in [4.78, 5) is 26.5. The summed E-state index contributed by atoms with van der Waals surface area (Å²) in [6, 6.07) is 20.8. The number of fused-ring (bicyclic) bond motifs is 1. The van der Waals surface area contributed by atoms with Crippen LogP contribution >= 0.6 is 11.6 Å². The van der Waals surface area contributed by atoms with Gasteiger partial charge in [-0.1, -0.05) is 78.3 Å². The number of amides is 1. The number of hydrogen-bond donors (Lipinski definition) is 2. The number of ketones is 1. The van der Waals surface area contributed by atoms with E-state index in [0.29, 0.717) is 33.0 Å². The molecule has 140 valence electrons.